The van der Waals surface area contributed by atoms with Crippen molar-refractivity contribution in [2.24, 2.45) is 0 Å². The number of hydrogen-bond donors (Lipinski definition) is 0. The molecule has 6 nitrogen and oxygen atoms in total. The summed E-state index contributed by atoms with van der Waals surface area (Å²) in [6, 6.07) is 0.108. The topological polar surface area (TPSA) is 58.4 Å². The predicted octanol–water partition coefficient (Wildman–Crippen LogP) is 0.629. The number of likely N-dealkylation sites (N-methyl/N-ethyl adjacent to an activating group) is 1. The summed E-state index contributed by atoms with van der Waals surface area (Å²) in [5.41, 5.74) is 0. The van der Waals surface area contributed by atoms with Crippen LogP contribution in [-0.2, 0) is 16.6 Å². The van der Waals surface area contributed by atoms with Gasteiger partial charge >= 0.3 is 0 Å². The number of rotatable bonds is 6. The fourth-order valence-corrected chi connectivity index (χ4v) is 4.35. The first-order valence-electron chi connectivity index (χ1n) is 7.24. The Labute approximate surface area is 121 Å². The van der Waals surface area contributed by atoms with E-state index >= 15 is 0 Å². The van der Waals surface area contributed by atoms with E-state index in [2.05, 4.69) is 23.7 Å². The molecule has 1 fully saturated rings. The zero-order valence-electron chi connectivity index (χ0n) is 12.3. The highest BCUT2D eigenvalue weighted by Crippen LogP contribution is 2.17. The average molecular weight is 300 g/mol. The van der Waals surface area contributed by atoms with E-state index in [0.717, 1.165) is 26.1 Å². The SMILES string of the molecule is CCC1CN(CC)CCN1S(=O)(=O)CCn1ccnc1. The van der Waals surface area contributed by atoms with Crippen molar-refractivity contribution in [1.29, 1.82) is 0 Å². The molecule has 2 heterocycles. The average Bonchev–Trinajstić information content (AvgIpc) is 2.97. The van der Waals surface area contributed by atoms with E-state index in [1.807, 2.05) is 0 Å². The Kier molecular flexibility index (Phi) is 5.17. The molecular weight excluding hydrogens is 276 g/mol. The minimum atomic E-state index is -3.19. The molecule has 2 rings (SSSR count). The maximum absolute atomic E-state index is 12.5. The summed E-state index contributed by atoms with van der Waals surface area (Å²) in [7, 11) is -3.19. The van der Waals surface area contributed by atoms with Crippen molar-refractivity contribution in [2.45, 2.75) is 32.9 Å². The molecule has 1 unspecified atom stereocenters. The first-order valence-corrected chi connectivity index (χ1v) is 8.85. The molecule has 0 spiro atoms. The highest BCUT2D eigenvalue weighted by atomic mass is 32.2. The number of hydrogen-bond acceptors (Lipinski definition) is 4. The number of imidazole rings is 1. The van der Waals surface area contributed by atoms with Gasteiger partial charge in [-0.15, -0.1) is 0 Å². The highest BCUT2D eigenvalue weighted by molar-refractivity contribution is 7.89. The largest absolute Gasteiger partial charge is 0.336 e. The molecule has 0 aromatic carbocycles. The van der Waals surface area contributed by atoms with Crippen LogP contribution >= 0.6 is 0 Å². The lowest BCUT2D eigenvalue weighted by molar-refractivity contribution is 0.138. The maximum atomic E-state index is 12.5. The van der Waals surface area contributed by atoms with Gasteiger partial charge in [-0.3, -0.25) is 0 Å². The molecule has 7 heteroatoms. The molecule has 1 aromatic rings. The van der Waals surface area contributed by atoms with E-state index in [9.17, 15) is 8.42 Å². The standard InChI is InChI=1S/C13H24N4O2S/c1-3-13-11-15(4-2)7-8-17(13)20(18,19)10-9-16-6-5-14-12-16/h5-6,12-13H,3-4,7-11H2,1-2H3. The van der Waals surface area contributed by atoms with Crippen molar-refractivity contribution in [1.82, 2.24) is 18.8 Å². The van der Waals surface area contributed by atoms with E-state index in [1.54, 1.807) is 27.6 Å². The molecule has 0 radical (unpaired) electrons. The monoisotopic (exact) mass is 300 g/mol. The second kappa shape index (κ2) is 6.69. The molecule has 0 bridgehead atoms. The molecule has 0 amide bonds. The van der Waals surface area contributed by atoms with E-state index in [-0.39, 0.29) is 11.8 Å². The summed E-state index contributed by atoms with van der Waals surface area (Å²) in [6.45, 7) is 7.91. The van der Waals surface area contributed by atoms with E-state index in [4.69, 9.17) is 0 Å². The quantitative estimate of drug-likeness (QED) is 0.773. The van der Waals surface area contributed by atoms with Gasteiger partial charge in [-0.25, -0.2) is 13.4 Å². The zero-order valence-corrected chi connectivity index (χ0v) is 13.1. The van der Waals surface area contributed by atoms with Gasteiger partial charge < -0.3 is 9.47 Å². The van der Waals surface area contributed by atoms with E-state index in [1.165, 1.54) is 0 Å². The van der Waals surface area contributed by atoms with Crippen molar-refractivity contribution in [3.8, 4) is 0 Å². The lowest BCUT2D eigenvalue weighted by Gasteiger charge is -2.39. The van der Waals surface area contributed by atoms with Crippen LogP contribution in [0.1, 0.15) is 20.3 Å². The van der Waals surface area contributed by atoms with Crippen LogP contribution in [0.25, 0.3) is 0 Å². The van der Waals surface area contributed by atoms with Gasteiger partial charge in [0.25, 0.3) is 0 Å². The third-order valence-corrected chi connectivity index (χ3v) is 5.85. The summed E-state index contributed by atoms with van der Waals surface area (Å²) in [4.78, 5) is 6.25. The minimum Gasteiger partial charge on any atom is -0.336 e. The Bertz CT molecular complexity index is 500. The fraction of sp³-hybridized carbons (Fsp3) is 0.769. The van der Waals surface area contributed by atoms with Crippen LogP contribution in [0.4, 0.5) is 0 Å². The molecule has 1 aliphatic heterocycles. The van der Waals surface area contributed by atoms with Gasteiger partial charge in [0.15, 0.2) is 0 Å². The number of nitrogens with zero attached hydrogens (tertiary/aromatic N) is 4. The zero-order chi connectivity index (χ0) is 14.6. The first-order chi connectivity index (χ1) is 9.56. The lowest BCUT2D eigenvalue weighted by Crippen LogP contribution is -2.55. The molecule has 0 aliphatic carbocycles. The van der Waals surface area contributed by atoms with Crippen molar-refractivity contribution in [2.75, 3.05) is 31.9 Å². The van der Waals surface area contributed by atoms with Crippen LogP contribution in [0.2, 0.25) is 0 Å². The second-order valence-electron chi connectivity index (χ2n) is 5.18. The number of sulfonamides is 1. The molecular formula is C13H24N4O2S. The molecule has 1 aliphatic rings. The summed E-state index contributed by atoms with van der Waals surface area (Å²) in [5.74, 6) is 0.145. The molecule has 20 heavy (non-hydrogen) atoms. The predicted molar refractivity (Wildman–Crippen MR) is 78.9 cm³/mol. The summed E-state index contributed by atoms with van der Waals surface area (Å²) in [6.07, 6.45) is 5.98. The maximum Gasteiger partial charge on any atom is 0.216 e. The molecule has 114 valence electrons. The Morgan fingerprint density at radius 2 is 2.10 bits per heavy atom. The second-order valence-corrected chi connectivity index (χ2v) is 7.22. The van der Waals surface area contributed by atoms with E-state index in [0.29, 0.717) is 13.1 Å². The van der Waals surface area contributed by atoms with Crippen LogP contribution in [0.3, 0.4) is 0 Å². The van der Waals surface area contributed by atoms with Gasteiger partial charge in [-0.05, 0) is 13.0 Å². The molecule has 0 N–H and O–H groups in total. The number of aryl methyl sites for hydroxylation is 1. The normalized spacial score (nSPS) is 22.2. The van der Waals surface area contributed by atoms with E-state index < -0.39 is 10.0 Å². The van der Waals surface area contributed by atoms with Crippen LogP contribution < -0.4 is 0 Å². The van der Waals surface area contributed by atoms with Crippen LogP contribution in [0.5, 0.6) is 0 Å². The highest BCUT2D eigenvalue weighted by Gasteiger charge is 2.33. The van der Waals surface area contributed by atoms with Crippen LogP contribution in [-0.4, -0.2) is 65.1 Å². The summed E-state index contributed by atoms with van der Waals surface area (Å²) in [5, 5.41) is 0. The lowest BCUT2D eigenvalue weighted by atomic mass is 10.1. The Morgan fingerprint density at radius 1 is 1.30 bits per heavy atom. The fourth-order valence-electron chi connectivity index (χ4n) is 2.65. The Morgan fingerprint density at radius 3 is 2.70 bits per heavy atom. The van der Waals surface area contributed by atoms with Gasteiger partial charge in [0.2, 0.25) is 10.0 Å². The summed E-state index contributed by atoms with van der Waals surface area (Å²) >= 11 is 0. The van der Waals surface area contributed by atoms with Gasteiger partial charge in [0.05, 0.1) is 12.1 Å². The Balaban J connectivity index is 2.00. The van der Waals surface area contributed by atoms with Gasteiger partial charge in [-0.2, -0.15) is 4.31 Å². The van der Waals surface area contributed by atoms with Gasteiger partial charge in [-0.1, -0.05) is 13.8 Å². The van der Waals surface area contributed by atoms with Crippen LogP contribution in [0.15, 0.2) is 18.7 Å². The molecule has 1 saturated heterocycles. The van der Waals surface area contributed by atoms with Gasteiger partial charge in [0.1, 0.15) is 0 Å². The van der Waals surface area contributed by atoms with Crippen molar-refractivity contribution >= 4 is 10.0 Å². The first kappa shape index (κ1) is 15.5. The minimum absolute atomic E-state index is 0.108. The number of aromatic nitrogens is 2. The third-order valence-electron chi connectivity index (χ3n) is 3.96. The number of piperazine rings is 1. The smallest absolute Gasteiger partial charge is 0.216 e. The molecule has 0 saturated carbocycles. The van der Waals surface area contributed by atoms with Crippen molar-refractivity contribution < 1.29 is 8.42 Å². The molecule has 1 atom stereocenters. The Hall–Kier alpha value is -0.920. The van der Waals surface area contributed by atoms with Gasteiger partial charge in [0, 0.05) is 44.6 Å². The van der Waals surface area contributed by atoms with Crippen molar-refractivity contribution in [3.63, 3.8) is 0 Å². The van der Waals surface area contributed by atoms with Crippen LogP contribution in [0, 0.1) is 0 Å². The summed E-state index contributed by atoms with van der Waals surface area (Å²) < 4.78 is 28.5. The third kappa shape index (κ3) is 3.59. The molecule has 1 aromatic heterocycles. The van der Waals surface area contributed by atoms with Crippen molar-refractivity contribution in [3.05, 3.63) is 18.7 Å².